The minimum Gasteiger partial charge on any atom is -0.497 e. The fourth-order valence-corrected chi connectivity index (χ4v) is 4.79. The van der Waals surface area contributed by atoms with Gasteiger partial charge in [0.2, 0.25) is 0 Å². The lowest BCUT2D eigenvalue weighted by atomic mass is 9.88. The van der Waals surface area contributed by atoms with Gasteiger partial charge in [-0.05, 0) is 34.5 Å². The van der Waals surface area contributed by atoms with Crippen LogP contribution in [0.25, 0.3) is 10.8 Å². The first-order valence-corrected chi connectivity index (χ1v) is 11.3. The Morgan fingerprint density at radius 3 is 2.46 bits per heavy atom. The highest BCUT2D eigenvalue weighted by Gasteiger charge is 2.51. The molecule has 5 rings (SSSR count). The van der Waals surface area contributed by atoms with Gasteiger partial charge in [-0.1, -0.05) is 60.7 Å². The molecular weight excluding hydrogens is 442 g/mol. The van der Waals surface area contributed by atoms with Crippen LogP contribution in [0, 0.1) is 0 Å². The summed E-state index contributed by atoms with van der Waals surface area (Å²) in [4.78, 5) is 28.6. The molecule has 1 aliphatic rings. The summed E-state index contributed by atoms with van der Waals surface area (Å²) in [5.41, 5.74) is 0.273. The lowest BCUT2D eigenvalue weighted by Crippen LogP contribution is -2.41. The van der Waals surface area contributed by atoms with Crippen LogP contribution >= 0.6 is 0 Å². The van der Waals surface area contributed by atoms with E-state index >= 15 is 0 Å². The fourth-order valence-electron chi connectivity index (χ4n) is 4.79. The number of hydrogen-bond acceptors (Lipinski definition) is 5. The summed E-state index contributed by atoms with van der Waals surface area (Å²) in [5, 5.41) is 13.8. The zero-order chi connectivity index (χ0) is 24.6. The van der Waals surface area contributed by atoms with E-state index in [2.05, 4.69) is 0 Å². The number of anilines is 1. The summed E-state index contributed by atoms with van der Waals surface area (Å²) in [7, 11) is 2.99. The summed E-state index contributed by atoms with van der Waals surface area (Å²) in [6.07, 6.45) is -0.405. The number of aliphatic hydroxyl groups is 1. The Morgan fingerprint density at radius 1 is 0.914 bits per heavy atom. The van der Waals surface area contributed by atoms with E-state index in [4.69, 9.17) is 9.47 Å². The van der Waals surface area contributed by atoms with Crippen molar-refractivity contribution in [2.45, 2.75) is 18.6 Å². The Labute approximate surface area is 203 Å². The van der Waals surface area contributed by atoms with Gasteiger partial charge in [0.25, 0.3) is 5.91 Å². The highest BCUT2D eigenvalue weighted by atomic mass is 16.5. The van der Waals surface area contributed by atoms with Gasteiger partial charge in [-0.3, -0.25) is 9.59 Å². The highest BCUT2D eigenvalue weighted by Crippen LogP contribution is 2.44. The average Bonchev–Trinajstić information content (AvgIpc) is 3.10. The Kier molecular flexibility index (Phi) is 5.75. The van der Waals surface area contributed by atoms with Gasteiger partial charge < -0.3 is 19.5 Å². The van der Waals surface area contributed by atoms with Crippen LogP contribution in [0.2, 0.25) is 0 Å². The molecule has 4 aromatic rings. The zero-order valence-electron chi connectivity index (χ0n) is 19.5. The summed E-state index contributed by atoms with van der Waals surface area (Å²) in [5.74, 6) is -0.0559. The average molecular weight is 468 g/mol. The minimum absolute atomic E-state index is 0.277. The van der Waals surface area contributed by atoms with Crippen LogP contribution in [0.5, 0.6) is 11.5 Å². The molecule has 0 spiro atoms. The predicted octanol–water partition coefficient (Wildman–Crippen LogP) is 4.86. The van der Waals surface area contributed by atoms with E-state index in [0.717, 1.165) is 16.3 Å². The molecule has 6 heteroatoms. The van der Waals surface area contributed by atoms with E-state index in [1.807, 2.05) is 48.5 Å². The summed E-state index contributed by atoms with van der Waals surface area (Å²) in [6.45, 7) is 0.277. The molecule has 6 nitrogen and oxygen atoms in total. The third kappa shape index (κ3) is 3.82. The smallest absolute Gasteiger partial charge is 0.264 e. The fraction of sp³-hybridized carbons (Fsp3) is 0.172. The van der Waals surface area contributed by atoms with Crippen molar-refractivity contribution in [3.05, 3.63) is 102 Å². The predicted molar refractivity (Wildman–Crippen MR) is 134 cm³/mol. The molecule has 1 amide bonds. The van der Waals surface area contributed by atoms with Crippen LogP contribution in [0.4, 0.5) is 5.69 Å². The molecule has 0 bridgehead atoms. The second-order valence-electron chi connectivity index (χ2n) is 8.57. The van der Waals surface area contributed by atoms with E-state index in [1.54, 1.807) is 41.3 Å². The molecule has 1 N–H and O–H groups in total. The molecule has 1 heterocycles. The molecule has 35 heavy (non-hydrogen) atoms. The van der Waals surface area contributed by atoms with Crippen LogP contribution in [0.3, 0.4) is 0 Å². The number of nitrogens with zero attached hydrogens (tertiary/aromatic N) is 1. The van der Waals surface area contributed by atoms with Gasteiger partial charge >= 0.3 is 0 Å². The third-order valence-corrected chi connectivity index (χ3v) is 6.57. The summed E-state index contributed by atoms with van der Waals surface area (Å²) < 4.78 is 10.6. The van der Waals surface area contributed by atoms with Crippen molar-refractivity contribution in [3.63, 3.8) is 0 Å². The van der Waals surface area contributed by atoms with E-state index in [9.17, 15) is 14.7 Å². The first-order valence-electron chi connectivity index (χ1n) is 11.3. The molecule has 176 valence electrons. The number of ether oxygens (including phenoxy) is 2. The third-order valence-electron chi connectivity index (χ3n) is 6.57. The Morgan fingerprint density at radius 2 is 1.66 bits per heavy atom. The van der Waals surface area contributed by atoms with Crippen molar-refractivity contribution in [1.29, 1.82) is 0 Å². The standard InChI is InChI=1S/C29H25NO5/c1-34-21-14-15-23(27(16-21)35-2)26(31)17-29(33)24-12-5-6-13-25(24)30(28(29)32)18-20-10-7-9-19-8-3-4-11-22(19)20/h3-16,33H,17-18H2,1-2H3/t29-/m0/s1. The van der Waals surface area contributed by atoms with E-state index in [-0.39, 0.29) is 12.1 Å². The van der Waals surface area contributed by atoms with Crippen LogP contribution in [0.1, 0.15) is 27.9 Å². The molecule has 0 aromatic heterocycles. The number of para-hydroxylation sites is 1. The molecular formula is C29H25NO5. The maximum absolute atomic E-state index is 13.7. The molecule has 0 radical (unpaired) electrons. The number of ketones is 1. The molecule has 1 aliphatic heterocycles. The monoisotopic (exact) mass is 467 g/mol. The zero-order valence-corrected chi connectivity index (χ0v) is 19.5. The first-order chi connectivity index (χ1) is 17.0. The Balaban J connectivity index is 1.51. The Hall–Kier alpha value is -4.16. The van der Waals surface area contributed by atoms with Gasteiger partial charge in [-0.25, -0.2) is 0 Å². The lowest BCUT2D eigenvalue weighted by molar-refractivity contribution is -0.136. The van der Waals surface area contributed by atoms with Gasteiger partial charge in [0.15, 0.2) is 11.4 Å². The van der Waals surface area contributed by atoms with Crippen LogP contribution < -0.4 is 14.4 Å². The number of benzene rings is 4. The maximum atomic E-state index is 13.7. The maximum Gasteiger partial charge on any atom is 0.264 e. The number of Topliss-reactive ketones (excluding diaryl/α,β-unsaturated/α-hetero) is 1. The van der Waals surface area contributed by atoms with Gasteiger partial charge in [0.1, 0.15) is 11.5 Å². The van der Waals surface area contributed by atoms with Crippen molar-refractivity contribution < 1.29 is 24.2 Å². The van der Waals surface area contributed by atoms with Crippen molar-refractivity contribution in [2.24, 2.45) is 0 Å². The normalized spacial score (nSPS) is 16.9. The number of rotatable bonds is 7. The molecule has 0 aliphatic carbocycles. The largest absolute Gasteiger partial charge is 0.497 e. The lowest BCUT2D eigenvalue weighted by Gasteiger charge is -2.23. The molecule has 0 unspecified atom stereocenters. The quantitative estimate of drug-likeness (QED) is 0.393. The van der Waals surface area contributed by atoms with Crippen LogP contribution in [-0.2, 0) is 16.9 Å². The van der Waals surface area contributed by atoms with Gasteiger partial charge in [0, 0.05) is 11.6 Å². The SMILES string of the molecule is COc1ccc(C(=O)C[C@@]2(O)C(=O)N(Cc3cccc4ccccc34)c3ccccc32)c(OC)c1. The van der Waals surface area contributed by atoms with Gasteiger partial charge in [-0.2, -0.15) is 0 Å². The Bertz CT molecular complexity index is 1440. The molecule has 1 atom stereocenters. The number of carbonyl (C=O) groups is 2. The molecule has 0 fully saturated rings. The van der Waals surface area contributed by atoms with Crippen LogP contribution in [-0.4, -0.2) is 31.0 Å². The number of fused-ring (bicyclic) bond motifs is 2. The molecule has 0 saturated carbocycles. The van der Waals surface area contributed by atoms with Crippen molar-refractivity contribution in [3.8, 4) is 11.5 Å². The van der Waals surface area contributed by atoms with Gasteiger partial charge in [0.05, 0.1) is 38.4 Å². The van der Waals surface area contributed by atoms with Gasteiger partial charge in [-0.15, -0.1) is 0 Å². The van der Waals surface area contributed by atoms with Crippen molar-refractivity contribution >= 4 is 28.2 Å². The van der Waals surface area contributed by atoms with Crippen molar-refractivity contribution in [1.82, 2.24) is 0 Å². The second kappa shape index (κ2) is 8.89. The summed E-state index contributed by atoms with van der Waals surface area (Å²) in [6, 6.07) is 25.9. The number of hydrogen-bond donors (Lipinski definition) is 1. The van der Waals surface area contributed by atoms with E-state index < -0.39 is 23.7 Å². The first kappa shape index (κ1) is 22.6. The number of amides is 1. The topological polar surface area (TPSA) is 76.1 Å². The molecule has 4 aromatic carbocycles. The van der Waals surface area contributed by atoms with E-state index in [0.29, 0.717) is 22.7 Å². The number of methoxy groups -OCH3 is 2. The number of carbonyl (C=O) groups excluding carboxylic acids is 2. The van der Waals surface area contributed by atoms with Crippen LogP contribution in [0.15, 0.2) is 84.9 Å². The van der Waals surface area contributed by atoms with Crippen molar-refractivity contribution in [2.75, 3.05) is 19.1 Å². The minimum atomic E-state index is -1.98. The molecule has 0 saturated heterocycles. The van der Waals surface area contributed by atoms with E-state index in [1.165, 1.54) is 14.2 Å². The summed E-state index contributed by atoms with van der Waals surface area (Å²) >= 11 is 0. The second-order valence-corrected chi connectivity index (χ2v) is 8.57. The highest BCUT2D eigenvalue weighted by molar-refractivity contribution is 6.11.